The van der Waals surface area contributed by atoms with Crippen LogP contribution < -0.4 is 0 Å². The number of rotatable bonds is 4. The smallest absolute Gasteiger partial charge is 0.300 e. The van der Waals surface area contributed by atoms with Gasteiger partial charge < -0.3 is 0 Å². The van der Waals surface area contributed by atoms with Gasteiger partial charge >= 0.3 is 6.03 Å². The van der Waals surface area contributed by atoms with Crippen molar-refractivity contribution in [3.63, 3.8) is 0 Å². The zero-order valence-electron chi connectivity index (χ0n) is 16.1. The minimum atomic E-state index is -2.20. The summed E-state index contributed by atoms with van der Waals surface area (Å²) in [4.78, 5) is 29.1. The Morgan fingerprint density at radius 2 is 1.23 bits per heavy atom. The summed E-state index contributed by atoms with van der Waals surface area (Å²) in [5.41, 5.74) is 0.548. The third-order valence-corrected chi connectivity index (χ3v) is 6.58. The molecule has 5 heteroatoms. The fourth-order valence-electron chi connectivity index (χ4n) is 3.85. The van der Waals surface area contributed by atoms with E-state index in [-0.39, 0.29) is 18.0 Å². The molecule has 0 radical (unpaired) electrons. The standard InChI is InChI=1S/C21H26N2O2Si/c1-16(2)22-20(25)23(26(3,4)5)19(24)21(22,17-12-8-6-9-13-17)18-14-10-7-11-15-18/h6-16H,1-5H3. The summed E-state index contributed by atoms with van der Waals surface area (Å²) in [6.07, 6.45) is 0. The lowest BCUT2D eigenvalue weighted by atomic mass is 9.81. The van der Waals surface area contributed by atoms with Crippen molar-refractivity contribution >= 4 is 20.2 Å². The molecule has 0 bridgehead atoms. The highest BCUT2D eigenvalue weighted by molar-refractivity contribution is 6.78. The van der Waals surface area contributed by atoms with Crippen LogP contribution in [0.15, 0.2) is 60.7 Å². The van der Waals surface area contributed by atoms with Gasteiger partial charge in [0, 0.05) is 6.04 Å². The van der Waals surface area contributed by atoms with E-state index in [1.54, 1.807) is 9.47 Å². The first kappa shape index (κ1) is 18.4. The first-order valence-corrected chi connectivity index (χ1v) is 12.5. The highest BCUT2D eigenvalue weighted by Crippen LogP contribution is 2.45. The molecule has 3 amide bonds. The fourth-order valence-corrected chi connectivity index (χ4v) is 5.31. The number of amides is 3. The summed E-state index contributed by atoms with van der Waals surface area (Å²) in [5.74, 6) is -0.132. The maximum atomic E-state index is 13.9. The van der Waals surface area contributed by atoms with E-state index in [1.807, 2.05) is 94.2 Å². The second-order valence-corrected chi connectivity index (χ2v) is 12.8. The van der Waals surface area contributed by atoms with E-state index in [9.17, 15) is 9.59 Å². The van der Waals surface area contributed by atoms with Crippen molar-refractivity contribution in [2.75, 3.05) is 0 Å². The largest absolute Gasteiger partial charge is 0.320 e. The van der Waals surface area contributed by atoms with Crippen LogP contribution in [0, 0.1) is 0 Å². The van der Waals surface area contributed by atoms with Gasteiger partial charge in [0.15, 0.2) is 13.8 Å². The predicted molar refractivity (Wildman–Crippen MR) is 106 cm³/mol. The van der Waals surface area contributed by atoms with Crippen LogP contribution in [-0.4, -0.2) is 35.7 Å². The predicted octanol–water partition coefficient (Wildman–Crippen LogP) is 4.44. The van der Waals surface area contributed by atoms with Crippen LogP contribution in [0.25, 0.3) is 0 Å². The van der Waals surface area contributed by atoms with Gasteiger partial charge in [-0.3, -0.25) is 14.3 Å². The minimum Gasteiger partial charge on any atom is -0.300 e. The molecule has 1 aliphatic heterocycles. The second kappa shape index (κ2) is 6.40. The van der Waals surface area contributed by atoms with Gasteiger partial charge in [0.1, 0.15) is 0 Å². The summed E-state index contributed by atoms with van der Waals surface area (Å²) < 4.78 is 1.55. The SMILES string of the molecule is CC(C)N1C(=O)N([Si](C)(C)C)C(=O)C1(c1ccccc1)c1ccccc1. The van der Waals surface area contributed by atoms with E-state index in [0.29, 0.717) is 0 Å². The average molecular weight is 367 g/mol. The molecular weight excluding hydrogens is 340 g/mol. The van der Waals surface area contributed by atoms with E-state index in [0.717, 1.165) is 11.1 Å². The van der Waals surface area contributed by atoms with Crippen molar-refractivity contribution in [1.82, 2.24) is 9.47 Å². The number of hydrogen-bond acceptors (Lipinski definition) is 2. The van der Waals surface area contributed by atoms with Crippen molar-refractivity contribution in [1.29, 1.82) is 0 Å². The Bertz CT molecular complexity index is 773. The number of carbonyl (C=O) groups is 2. The molecule has 0 aliphatic carbocycles. The first-order valence-electron chi connectivity index (χ1n) is 9.01. The molecule has 0 unspecified atom stereocenters. The van der Waals surface area contributed by atoms with Crippen LogP contribution in [0.4, 0.5) is 4.79 Å². The summed E-state index contributed by atoms with van der Waals surface area (Å²) in [6.45, 7) is 10.0. The summed E-state index contributed by atoms with van der Waals surface area (Å²) in [5, 5.41) is 0. The third-order valence-electron chi connectivity index (χ3n) is 4.84. The lowest BCUT2D eigenvalue weighted by Gasteiger charge is -2.38. The van der Waals surface area contributed by atoms with E-state index in [1.165, 1.54) is 0 Å². The van der Waals surface area contributed by atoms with Crippen LogP contribution in [0.3, 0.4) is 0 Å². The molecule has 0 N–H and O–H groups in total. The molecule has 26 heavy (non-hydrogen) atoms. The number of nitrogens with zero attached hydrogens (tertiary/aromatic N) is 2. The van der Waals surface area contributed by atoms with Crippen LogP contribution in [0.5, 0.6) is 0 Å². The van der Waals surface area contributed by atoms with Gasteiger partial charge in [-0.1, -0.05) is 80.3 Å². The van der Waals surface area contributed by atoms with E-state index < -0.39 is 13.8 Å². The Morgan fingerprint density at radius 1 is 0.808 bits per heavy atom. The zero-order chi connectivity index (χ0) is 19.1. The van der Waals surface area contributed by atoms with Crippen molar-refractivity contribution in [2.24, 2.45) is 0 Å². The Balaban J connectivity index is 2.38. The highest BCUT2D eigenvalue weighted by Gasteiger charge is 2.62. The lowest BCUT2D eigenvalue weighted by molar-refractivity contribution is -0.129. The third kappa shape index (κ3) is 2.58. The van der Waals surface area contributed by atoms with E-state index in [4.69, 9.17) is 0 Å². The van der Waals surface area contributed by atoms with Crippen molar-refractivity contribution < 1.29 is 9.59 Å². The summed E-state index contributed by atoms with van der Waals surface area (Å²) in [7, 11) is -2.20. The van der Waals surface area contributed by atoms with Gasteiger partial charge in [0.2, 0.25) is 0 Å². The van der Waals surface area contributed by atoms with Crippen LogP contribution >= 0.6 is 0 Å². The van der Waals surface area contributed by atoms with E-state index in [2.05, 4.69) is 0 Å². The fraction of sp³-hybridized carbons (Fsp3) is 0.333. The molecule has 1 saturated heterocycles. The molecular formula is C21H26N2O2Si. The number of carbonyl (C=O) groups excluding carboxylic acids is 2. The number of benzene rings is 2. The summed E-state index contributed by atoms with van der Waals surface area (Å²) in [6, 6.07) is 19.0. The second-order valence-electron chi connectivity index (χ2n) is 8.00. The van der Waals surface area contributed by atoms with Gasteiger partial charge in [0.25, 0.3) is 5.91 Å². The molecule has 136 valence electrons. The highest BCUT2D eigenvalue weighted by atomic mass is 28.3. The molecule has 1 aliphatic rings. The Labute approximate surface area is 156 Å². The number of urea groups is 1. The normalized spacial score (nSPS) is 17.3. The molecule has 0 spiro atoms. The zero-order valence-corrected chi connectivity index (χ0v) is 17.1. The molecule has 0 saturated carbocycles. The molecule has 4 nitrogen and oxygen atoms in total. The van der Waals surface area contributed by atoms with Crippen molar-refractivity contribution in [3.8, 4) is 0 Å². The minimum absolute atomic E-state index is 0.117. The van der Waals surface area contributed by atoms with Crippen molar-refractivity contribution in [2.45, 2.75) is 45.1 Å². The summed E-state index contributed by atoms with van der Waals surface area (Å²) >= 11 is 0. The first-order chi connectivity index (χ1) is 12.2. The molecule has 2 aromatic carbocycles. The van der Waals surface area contributed by atoms with Gasteiger partial charge in [0.05, 0.1) is 0 Å². The topological polar surface area (TPSA) is 40.6 Å². The lowest BCUT2D eigenvalue weighted by Crippen LogP contribution is -2.52. The number of hydrogen-bond donors (Lipinski definition) is 0. The molecule has 1 heterocycles. The average Bonchev–Trinajstić information content (AvgIpc) is 2.84. The monoisotopic (exact) mass is 366 g/mol. The quantitative estimate of drug-likeness (QED) is 0.593. The molecule has 0 atom stereocenters. The van der Waals surface area contributed by atoms with Gasteiger partial charge in [-0.05, 0) is 25.0 Å². The molecule has 1 fully saturated rings. The van der Waals surface area contributed by atoms with E-state index >= 15 is 0 Å². The van der Waals surface area contributed by atoms with Crippen LogP contribution in [-0.2, 0) is 10.3 Å². The van der Waals surface area contributed by atoms with Gasteiger partial charge in [-0.15, -0.1) is 0 Å². The van der Waals surface area contributed by atoms with Crippen LogP contribution in [0.2, 0.25) is 19.6 Å². The molecule has 0 aromatic heterocycles. The van der Waals surface area contributed by atoms with Crippen LogP contribution in [0.1, 0.15) is 25.0 Å². The number of imide groups is 1. The Kier molecular flexibility index (Phi) is 4.52. The Morgan fingerprint density at radius 3 is 1.58 bits per heavy atom. The Hall–Kier alpha value is -2.40. The maximum absolute atomic E-state index is 13.9. The van der Waals surface area contributed by atoms with Gasteiger partial charge in [-0.2, -0.15) is 0 Å². The van der Waals surface area contributed by atoms with Gasteiger partial charge in [-0.25, -0.2) is 4.79 Å². The maximum Gasteiger partial charge on any atom is 0.320 e. The molecule has 3 rings (SSSR count). The molecule has 2 aromatic rings. The van der Waals surface area contributed by atoms with Crippen molar-refractivity contribution in [3.05, 3.63) is 71.8 Å².